The fraction of sp³-hybridized carbons (Fsp3) is 0.182. The van der Waals surface area contributed by atoms with Crippen LogP contribution in [-0.4, -0.2) is 23.1 Å². The van der Waals surface area contributed by atoms with Gasteiger partial charge in [-0.3, -0.25) is 10.1 Å². The summed E-state index contributed by atoms with van der Waals surface area (Å²) in [7, 11) is 1.43. The number of aromatic carboxylic acids is 1. The van der Waals surface area contributed by atoms with Crippen molar-refractivity contribution in [3.05, 3.63) is 45.1 Å². The molecular weight excluding hydrogens is 226 g/mol. The molecule has 0 aliphatic heterocycles. The molecule has 0 heterocycles. The Balaban J connectivity index is 3.32. The van der Waals surface area contributed by atoms with Crippen molar-refractivity contribution in [2.45, 2.75) is 6.92 Å². The Morgan fingerprint density at radius 1 is 1.53 bits per heavy atom. The van der Waals surface area contributed by atoms with Crippen LogP contribution < -0.4 is 4.74 Å². The van der Waals surface area contributed by atoms with Gasteiger partial charge >= 0.3 is 5.97 Å². The number of allylic oxidation sites excluding steroid dienone is 1. The summed E-state index contributed by atoms with van der Waals surface area (Å²) in [5.74, 6) is -0.701. The van der Waals surface area contributed by atoms with Crippen LogP contribution in [0.1, 0.15) is 22.8 Å². The van der Waals surface area contributed by atoms with Crippen molar-refractivity contribution in [2.75, 3.05) is 7.11 Å². The number of nitrogens with zero attached hydrogens (tertiary/aromatic N) is 1. The van der Waals surface area contributed by atoms with Crippen molar-refractivity contribution in [1.82, 2.24) is 0 Å². The minimum absolute atomic E-state index is 0.00741. The van der Waals surface area contributed by atoms with E-state index in [0.717, 1.165) is 0 Å². The van der Waals surface area contributed by atoms with Crippen LogP contribution >= 0.6 is 0 Å². The van der Waals surface area contributed by atoms with Gasteiger partial charge in [0.2, 0.25) is 5.70 Å². The molecule has 0 saturated heterocycles. The first-order chi connectivity index (χ1) is 7.95. The highest BCUT2D eigenvalue weighted by atomic mass is 16.6. The third-order valence-corrected chi connectivity index (χ3v) is 2.14. The van der Waals surface area contributed by atoms with Gasteiger partial charge in [0.05, 0.1) is 17.6 Å². The summed E-state index contributed by atoms with van der Waals surface area (Å²) in [5, 5.41) is 19.4. The first kappa shape index (κ1) is 12.7. The second kappa shape index (κ2) is 5.11. The summed E-state index contributed by atoms with van der Waals surface area (Å²) in [5.41, 5.74) is 0.0961. The van der Waals surface area contributed by atoms with E-state index in [0.29, 0.717) is 5.75 Å². The molecule has 1 N–H and O–H groups in total. The second-order valence-corrected chi connectivity index (χ2v) is 3.30. The molecule has 0 fully saturated rings. The summed E-state index contributed by atoms with van der Waals surface area (Å²) in [6.45, 7) is 1.30. The summed E-state index contributed by atoms with van der Waals surface area (Å²) in [6, 6.07) is 4.28. The zero-order valence-corrected chi connectivity index (χ0v) is 9.34. The number of hydrogen-bond donors (Lipinski definition) is 1. The van der Waals surface area contributed by atoms with Gasteiger partial charge in [0.15, 0.2) is 0 Å². The van der Waals surface area contributed by atoms with Crippen molar-refractivity contribution in [1.29, 1.82) is 0 Å². The number of carboxylic acids is 1. The molecule has 6 heteroatoms. The smallest absolute Gasteiger partial charge is 0.336 e. The van der Waals surface area contributed by atoms with Crippen LogP contribution in [0.2, 0.25) is 0 Å². The molecule has 6 nitrogen and oxygen atoms in total. The van der Waals surface area contributed by atoms with E-state index in [1.165, 1.54) is 38.3 Å². The van der Waals surface area contributed by atoms with Crippen molar-refractivity contribution < 1.29 is 19.6 Å². The molecule has 0 spiro atoms. The van der Waals surface area contributed by atoms with E-state index in [9.17, 15) is 14.9 Å². The molecule has 0 unspecified atom stereocenters. The van der Waals surface area contributed by atoms with Gasteiger partial charge in [0.1, 0.15) is 5.75 Å². The van der Waals surface area contributed by atoms with E-state index in [1.807, 2.05) is 0 Å². The SMILES string of the molecule is COc1ccc(C(=O)O)c(/C=C(\C)[N+](=O)[O-])c1. The van der Waals surface area contributed by atoms with Crippen LogP contribution in [0, 0.1) is 10.1 Å². The molecule has 0 atom stereocenters. The van der Waals surface area contributed by atoms with Crippen LogP contribution in [0.3, 0.4) is 0 Å². The largest absolute Gasteiger partial charge is 0.497 e. The summed E-state index contributed by atoms with van der Waals surface area (Å²) in [6.07, 6.45) is 1.20. The van der Waals surface area contributed by atoms with E-state index in [4.69, 9.17) is 9.84 Å². The van der Waals surface area contributed by atoms with Gasteiger partial charge in [-0.2, -0.15) is 0 Å². The van der Waals surface area contributed by atoms with E-state index >= 15 is 0 Å². The molecular formula is C11H11NO5. The first-order valence-corrected chi connectivity index (χ1v) is 4.69. The van der Waals surface area contributed by atoms with Gasteiger partial charge in [-0.05, 0) is 23.8 Å². The van der Waals surface area contributed by atoms with E-state index in [2.05, 4.69) is 0 Å². The average Bonchev–Trinajstić information content (AvgIpc) is 2.28. The molecule has 17 heavy (non-hydrogen) atoms. The Bertz CT molecular complexity index is 493. The van der Waals surface area contributed by atoms with Gasteiger partial charge < -0.3 is 9.84 Å². The topological polar surface area (TPSA) is 89.7 Å². The Kier molecular flexibility index (Phi) is 3.82. The number of rotatable bonds is 4. The molecule has 0 aliphatic carbocycles. The third-order valence-electron chi connectivity index (χ3n) is 2.14. The molecule has 0 amide bonds. The maximum Gasteiger partial charge on any atom is 0.336 e. The second-order valence-electron chi connectivity index (χ2n) is 3.30. The minimum atomic E-state index is -1.14. The lowest BCUT2D eigenvalue weighted by Gasteiger charge is -2.04. The average molecular weight is 237 g/mol. The van der Waals surface area contributed by atoms with Crippen LogP contribution in [0.15, 0.2) is 23.9 Å². The normalized spacial score (nSPS) is 11.1. The summed E-state index contributed by atoms with van der Waals surface area (Å²) >= 11 is 0. The lowest BCUT2D eigenvalue weighted by Crippen LogP contribution is -2.01. The monoisotopic (exact) mass is 237 g/mol. The number of hydrogen-bond acceptors (Lipinski definition) is 4. The molecule has 0 aromatic heterocycles. The lowest BCUT2D eigenvalue weighted by molar-refractivity contribution is -0.422. The molecule has 1 rings (SSSR count). The quantitative estimate of drug-likeness (QED) is 0.639. The van der Waals surface area contributed by atoms with Crippen molar-refractivity contribution in [3.63, 3.8) is 0 Å². The number of ether oxygens (including phenoxy) is 1. The van der Waals surface area contributed by atoms with Gasteiger partial charge in [0, 0.05) is 13.0 Å². The zero-order chi connectivity index (χ0) is 13.0. The predicted octanol–water partition coefficient (Wildman–Crippen LogP) is 2.03. The molecule has 0 radical (unpaired) electrons. The Morgan fingerprint density at radius 2 is 2.18 bits per heavy atom. The maximum atomic E-state index is 10.9. The molecule has 0 bridgehead atoms. The first-order valence-electron chi connectivity index (χ1n) is 4.69. The Labute approximate surface area is 97.3 Å². The highest BCUT2D eigenvalue weighted by Crippen LogP contribution is 2.20. The van der Waals surface area contributed by atoms with Crippen LogP contribution in [0.4, 0.5) is 0 Å². The van der Waals surface area contributed by atoms with Crippen LogP contribution in [-0.2, 0) is 0 Å². The maximum absolute atomic E-state index is 10.9. The van der Waals surface area contributed by atoms with Gasteiger partial charge in [-0.15, -0.1) is 0 Å². The highest BCUT2D eigenvalue weighted by molar-refractivity contribution is 5.92. The van der Waals surface area contributed by atoms with E-state index < -0.39 is 10.9 Å². The number of benzene rings is 1. The minimum Gasteiger partial charge on any atom is -0.497 e. The number of methoxy groups -OCH3 is 1. The standard InChI is InChI=1S/C11H11NO5/c1-7(12(15)16)5-8-6-9(17-2)3-4-10(8)11(13)14/h3-6H,1-2H3,(H,13,14)/b7-5+. The third kappa shape index (κ3) is 3.04. The molecule has 90 valence electrons. The van der Waals surface area contributed by atoms with Gasteiger partial charge in [-0.25, -0.2) is 4.79 Å². The molecule has 0 aliphatic rings. The van der Waals surface area contributed by atoms with Crippen molar-refractivity contribution in [3.8, 4) is 5.75 Å². The van der Waals surface area contributed by atoms with Crippen LogP contribution in [0.25, 0.3) is 6.08 Å². The number of nitro groups is 1. The van der Waals surface area contributed by atoms with Crippen LogP contribution in [0.5, 0.6) is 5.75 Å². The number of carbonyl (C=O) groups is 1. The zero-order valence-electron chi connectivity index (χ0n) is 9.34. The fourth-order valence-electron chi connectivity index (χ4n) is 1.26. The van der Waals surface area contributed by atoms with E-state index in [1.54, 1.807) is 0 Å². The van der Waals surface area contributed by atoms with Crippen molar-refractivity contribution in [2.24, 2.45) is 0 Å². The Morgan fingerprint density at radius 3 is 2.65 bits per heavy atom. The predicted molar refractivity (Wildman–Crippen MR) is 60.6 cm³/mol. The van der Waals surface area contributed by atoms with Crippen molar-refractivity contribution >= 4 is 12.0 Å². The highest BCUT2D eigenvalue weighted by Gasteiger charge is 2.12. The Hall–Kier alpha value is -2.37. The number of carboxylic acid groups (broad SMARTS) is 1. The fourth-order valence-corrected chi connectivity index (χ4v) is 1.26. The van der Waals surface area contributed by atoms with Gasteiger partial charge in [-0.1, -0.05) is 0 Å². The van der Waals surface area contributed by atoms with Gasteiger partial charge in [0.25, 0.3) is 0 Å². The summed E-state index contributed by atoms with van der Waals surface area (Å²) < 4.78 is 4.94. The summed E-state index contributed by atoms with van der Waals surface area (Å²) in [4.78, 5) is 20.9. The lowest BCUT2D eigenvalue weighted by atomic mass is 10.1. The van der Waals surface area contributed by atoms with E-state index in [-0.39, 0.29) is 16.8 Å². The molecule has 1 aromatic carbocycles. The molecule has 0 saturated carbocycles. The molecule has 1 aromatic rings.